The van der Waals surface area contributed by atoms with Gasteiger partial charge in [0.05, 0.1) is 6.26 Å². The minimum absolute atomic E-state index is 0.302. The van der Waals surface area contributed by atoms with Crippen LogP contribution in [-0.2, 0) is 10.1 Å². The van der Waals surface area contributed by atoms with E-state index < -0.39 is 10.1 Å². The lowest BCUT2D eigenvalue weighted by Crippen LogP contribution is -2.07. The molecule has 6 heteroatoms. The lowest BCUT2D eigenvalue weighted by molar-refractivity contribution is 0.484. The van der Waals surface area contributed by atoms with Crippen molar-refractivity contribution in [3.63, 3.8) is 0 Å². The predicted octanol–water partition coefficient (Wildman–Crippen LogP) is 2.17. The summed E-state index contributed by atoms with van der Waals surface area (Å²) < 4.78 is 26.9. The molecule has 16 heavy (non-hydrogen) atoms. The predicted molar refractivity (Wildman–Crippen MR) is 65.3 cm³/mol. The standard InChI is InChI=1S/C10H15NO3S2/c1-8(2)7-15-10-9(5-4-6-11-10)14-16(3,12)13/h4-6,8H,7H2,1-3H3. The van der Waals surface area contributed by atoms with E-state index in [1.807, 2.05) is 0 Å². The fraction of sp³-hybridized carbons (Fsp3) is 0.500. The first-order valence-electron chi connectivity index (χ1n) is 4.86. The molecule has 4 nitrogen and oxygen atoms in total. The van der Waals surface area contributed by atoms with Crippen LogP contribution in [0.3, 0.4) is 0 Å². The second kappa shape index (κ2) is 5.54. The molecular weight excluding hydrogens is 246 g/mol. The van der Waals surface area contributed by atoms with E-state index in [4.69, 9.17) is 4.18 Å². The van der Waals surface area contributed by atoms with Crippen LogP contribution in [0.1, 0.15) is 13.8 Å². The lowest BCUT2D eigenvalue weighted by Gasteiger charge is -2.08. The number of nitrogens with zero attached hydrogens (tertiary/aromatic N) is 1. The molecule has 0 unspecified atom stereocenters. The minimum Gasteiger partial charge on any atom is -0.380 e. The van der Waals surface area contributed by atoms with Crippen LogP contribution in [0.5, 0.6) is 5.75 Å². The van der Waals surface area contributed by atoms with Crippen molar-refractivity contribution in [1.82, 2.24) is 4.98 Å². The highest BCUT2D eigenvalue weighted by molar-refractivity contribution is 7.99. The molecule has 0 saturated carbocycles. The molecule has 0 atom stereocenters. The Morgan fingerprint density at radius 1 is 1.50 bits per heavy atom. The Kier molecular flexibility index (Phi) is 4.61. The number of thioether (sulfide) groups is 1. The van der Waals surface area contributed by atoms with E-state index in [0.717, 1.165) is 12.0 Å². The van der Waals surface area contributed by atoms with Gasteiger partial charge in [0.1, 0.15) is 5.03 Å². The van der Waals surface area contributed by atoms with Gasteiger partial charge in [-0.2, -0.15) is 8.42 Å². The maximum atomic E-state index is 11.0. The highest BCUT2D eigenvalue weighted by Crippen LogP contribution is 2.28. The molecule has 1 aromatic rings. The molecule has 0 bridgehead atoms. The Bertz CT molecular complexity index is 443. The maximum absolute atomic E-state index is 11.0. The summed E-state index contributed by atoms with van der Waals surface area (Å²) in [5, 5.41) is 0.613. The van der Waals surface area contributed by atoms with E-state index in [1.165, 1.54) is 11.8 Å². The Balaban J connectivity index is 2.83. The molecular formula is C10H15NO3S2. The first kappa shape index (κ1) is 13.3. The Morgan fingerprint density at radius 3 is 2.75 bits per heavy atom. The van der Waals surface area contributed by atoms with Crippen LogP contribution < -0.4 is 4.18 Å². The van der Waals surface area contributed by atoms with Crippen molar-refractivity contribution in [1.29, 1.82) is 0 Å². The monoisotopic (exact) mass is 261 g/mol. The Labute approximate surface area is 101 Å². The third-order valence-electron chi connectivity index (χ3n) is 1.53. The smallest absolute Gasteiger partial charge is 0.306 e. The van der Waals surface area contributed by atoms with Gasteiger partial charge in [0.25, 0.3) is 0 Å². The molecule has 0 spiro atoms. The molecule has 0 aliphatic carbocycles. The zero-order chi connectivity index (χ0) is 12.2. The zero-order valence-electron chi connectivity index (χ0n) is 9.50. The Hall–Kier alpha value is -0.750. The average molecular weight is 261 g/mol. The van der Waals surface area contributed by atoms with E-state index in [9.17, 15) is 8.42 Å². The number of rotatable bonds is 5. The van der Waals surface area contributed by atoms with Gasteiger partial charge in [-0.3, -0.25) is 0 Å². The fourth-order valence-electron chi connectivity index (χ4n) is 0.957. The average Bonchev–Trinajstić information content (AvgIpc) is 2.14. The number of hydrogen-bond donors (Lipinski definition) is 0. The van der Waals surface area contributed by atoms with E-state index in [1.54, 1.807) is 18.3 Å². The summed E-state index contributed by atoms with van der Waals surface area (Å²) in [4.78, 5) is 4.11. The second-order valence-corrected chi connectivity index (χ2v) is 6.38. The molecule has 1 rings (SSSR count). The molecule has 0 amide bonds. The third-order valence-corrected chi connectivity index (χ3v) is 3.43. The van der Waals surface area contributed by atoms with Gasteiger partial charge in [0.15, 0.2) is 5.75 Å². The third kappa shape index (κ3) is 4.85. The molecule has 1 heterocycles. The van der Waals surface area contributed by atoms with Crippen molar-refractivity contribution in [2.75, 3.05) is 12.0 Å². The summed E-state index contributed by atoms with van der Waals surface area (Å²) in [5.41, 5.74) is 0. The highest BCUT2D eigenvalue weighted by Gasteiger charge is 2.11. The normalized spacial score (nSPS) is 11.8. The molecule has 0 aliphatic rings. The summed E-state index contributed by atoms with van der Waals surface area (Å²) in [5.74, 6) is 1.69. The summed E-state index contributed by atoms with van der Waals surface area (Å²) in [6.07, 6.45) is 2.65. The molecule has 0 N–H and O–H groups in total. The summed E-state index contributed by atoms with van der Waals surface area (Å²) >= 11 is 1.50. The fourth-order valence-corrected chi connectivity index (χ4v) is 2.35. The van der Waals surface area contributed by atoms with Gasteiger partial charge in [-0.05, 0) is 18.1 Å². The van der Waals surface area contributed by atoms with E-state index in [2.05, 4.69) is 18.8 Å². The summed E-state index contributed by atoms with van der Waals surface area (Å²) in [7, 11) is -3.49. The molecule has 0 aliphatic heterocycles. The van der Waals surface area contributed by atoms with Crippen LogP contribution in [0.25, 0.3) is 0 Å². The van der Waals surface area contributed by atoms with Gasteiger partial charge in [0, 0.05) is 11.9 Å². The Morgan fingerprint density at radius 2 is 2.19 bits per heavy atom. The van der Waals surface area contributed by atoms with Crippen LogP contribution >= 0.6 is 11.8 Å². The zero-order valence-corrected chi connectivity index (χ0v) is 11.1. The SMILES string of the molecule is CC(C)CSc1ncccc1OS(C)(=O)=O. The van der Waals surface area contributed by atoms with Crippen LogP contribution in [0, 0.1) is 5.92 Å². The van der Waals surface area contributed by atoms with Crippen LogP contribution in [0.15, 0.2) is 23.4 Å². The van der Waals surface area contributed by atoms with E-state index >= 15 is 0 Å². The lowest BCUT2D eigenvalue weighted by atomic mass is 10.3. The van der Waals surface area contributed by atoms with Gasteiger partial charge in [0.2, 0.25) is 0 Å². The van der Waals surface area contributed by atoms with Crippen molar-refractivity contribution in [3.05, 3.63) is 18.3 Å². The minimum atomic E-state index is -3.49. The van der Waals surface area contributed by atoms with Crippen molar-refractivity contribution >= 4 is 21.9 Å². The molecule has 0 aromatic carbocycles. The van der Waals surface area contributed by atoms with Gasteiger partial charge in [-0.1, -0.05) is 13.8 Å². The molecule has 0 fully saturated rings. The van der Waals surface area contributed by atoms with E-state index in [0.29, 0.717) is 16.7 Å². The van der Waals surface area contributed by atoms with Crippen molar-refractivity contribution in [2.45, 2.75) is 18.9 Å². The molecule has 90 valence electrons. The number of hydrogen-bond acceptors (Lipinski definition) is 5. The summed E-state index contributed by atoms with van der Waals surface area (Å²) in [6, 6.07) is 3.26. The van der Waals surface area contributed by atoms with Crippen LogP contribution in [0.2, 0.25) is 0 Å². The van der Waals surface area contributed by atoms with Gasteiger partial charge >= 0.3 is 10.1 Å². The van der Waals surface area contributed by atoms with Gasteiger partial charge in [-0.25, -0.2) is 4.98 Å². The van der Waals surface area contributed by atoms with E-state index in [-0.39, 0.29) is 0 Å². The number of pyridine rings is 1. The van der Waals surface area contributed by atoms with Gasteiger partial charge < -0.3 is 4.18 Å². The number of aromatic nitrogens is 1. The van der Waals surface area contributed by atoms with Crippen molar-refractivity contribution < 1.29 is 12.6 Å². The van der Waals surface area contributed by atoms with Crippen molar-refractivity contribution in [2.24, 2.45) is 5.92 Å². The largest absolute Gasteiger partial charge is 0.380 e. The molecule has 0 radical (unpaired) electrons. The maximum Gasteiger partial charge on any atom is 0.306 e. The summed E-state index contributed by atoms with van der Waals surface area (Å²) in [6.45, 7) is 4.18. The molecule has 1 aromatic heterocycles. The van der Waals surface area contributed by atoms with Crippen LogP contribution in [0.4, 0.5) is 0 Å². The topological polar surface area (TPSA) is 56.3 Å². The first-order chi connectivity index (χ1) is 7.38. The second-order valence-electron chi connectivity index (χ2n) is 3.80. The quantitative estimate of drug-likeness (QED) is 0.600. The molecule has 0 saturated heterocycles. The first-order valence-corrected chi connectivity index (χ1v) is 7.66. The van der Waals surface area contributed by atoms with Crippen LogP contribution in [-0.4, -0.2) is 25.4 Å². The van der Waals surface area contributed by atoms with Gasteiger partial charge in [-0.15, -0.1) is 11.8 Å². The van der Waals surface area contributed by atoms with Crippen molar-refractivity contribution in [3.8, 4) is 5.75 Å². The highest BCUT2D eigenvalue weighted by atomic mass is 32.2.